The van der Waals surface area contributed by atoms with Crippen molar-refractivity contribution in [3.8, 4) is 5.75 Å². The molecular formula is C15H15ClFNO. The molecule has 2 nitrogen and oxygen atoms in total. The molecule has 100 valence electrons. The molecular weight excluding hydrogens is 265 g/mol. The van der Waals surface area contributed by atoms with Crippen LogP contribution >= 0.6 is 11.6 Å². The quantitative estimate of drug-likeness (QED) is 0.878. The molecule has 1 unspecified atom stereocenters. The third-order valence-electron chi connectivity index (χ3n) is 2.59. The smallest absolute Gasteiger partial charge is 0.123 e. The van der Waals surface area contributed by atoms with Crippen LogP contribution in [-0.2, 0) is 0 Å². The zero-order valence-corrected chi connectivity index (χ0v) is 11.3. The van der Waals surface area contributed by atoms with Crippen molar-refractivity contribution in [2.24, 2.45) is 0 Å². The van der Waals surface area contributed by atoms with Crippen molar-refractivity contribution in [2.75, 3.05) is 11.9 Å². The van der Waals surface area contributed by atoms with Gasteiger partial charge in [-0.1, -0.05) is 11.6 Å². The zero-order chi connectivity index (χ0) is 13.7. The summed E-state index contributed by atoms with van der Waals surface area (Å²) in [5.74, 6) is 0.536. The molecule has 0 saturated carbocycles. The lowest BCUT2D eigenvalue weighted by atomic mass is 10.3. The first kappa shape index (κ1) is 13.7. The Hall–Kier alpha value is -1.74. The highest BCUT2D eigenvalue weighted by Crippen LogP contribution is 2.17. The van der Waals surface area contributed by atoms with Gasteiger partial charge in [0.05, 0.1) is 6.54 Å². The molecule has 0 amide bonds. The second-order valence-corrected chi connectivity index (χ2v) is 4.71. The standard InChI is InChI=1S/C15H15ClFNO/c1-11(19-15-8-2-12(16)3-9-15)10-18-14-6-4-13(17)5-7-14/h2-9,11,18H,10H2,1H3. The Labute approximate surface area is 117 Å². The van der Waals surface area contributed by atoms with E-state index in [9.17, 15) is 4.39 Å². The van der Waals surface area contributed by atoms with E-state index in [4.69, 9.17) is 16.3 Å². The first-order valence-electron chi connectivity index (χ1n) is 6.05. The van der Waals surface area contributed by atoms with Gasteiger partial charge in [-0.3, -0.25) is 0 Å². The predicted octanol–water partition coefficient (Wildman–Crippen LogP) is 4.36. The molecule has 0 spiro atoms. The monoisotopic (exact) mass is 279 g/mol. The Kier molecular flexibility index (Phi) is 4.63. The lowest BCUT2D eigenvalue weighted by Gasteiger charge is -2.16. The summed E-state index contributed by atoms with van der Waals surface area (Å²) in [6.45, 7) is 2.60. The van der Waals surface area contributed by atoms with Gasteiger partial charge in [-0.25, -0.2) is 4.39 Å². The van der Waals surface area contributed by atoms with Crippen LogP contribution in [0.3, 0.4) is 0 Å². The molecule has 2 aromatic rings. The summed E-state index contributed by atoms with van der Waals surface area (Å²) in [7, 11) is 0. The van der Waals surface area contributed by atoms with Crippen LogP contribution in [-0.4, -0.2) is 12.6 Å². The average Bonchev–Trinajstić information content (AvgIpc) is 2.41. The Morgan fingerprint density at radius 1 is 1.11 bits per heavy atom. The Morgan fingerprint density at radius 2 is 1.74 bits per heavy atom. The highest BCUT2D eigenvalue weighted by molar-refractivity contribution is 6.30. The van der Waals surface area contributed by atoms with Gasteiger partial charge in [-0.2, -0.15) is 0 Å². The third kappa shape index (κ3) is 4.45. The molecule has 2 aromatic carbocycles. The summed E-state index contributed by atoms with van der Waals surface area (Å²) < 4.78 is 18.5. The van der Waals surface area contributed by atoms with E-state index in [1.54, 1.807) is 24.3 Å². The molecule has 0 radical (unpaired) electrons. The number of hydrogen-bond donors (Lipinski definition) is 1. The SMILES string of the molecule is CC(CNc1ccc(F)cc1)Oc1ccc(Cl)cc1. The Bertz CT molecular complexity index is 513. The fraction of sp³-hybridized carbons (Fsp3) is 0.200. The maximum absolute atomic E-state index is 12.7. The minimum Gasteiger partial charge on any atom is -0.489 e. The van der Waals surface area contributed by atoms with Gasteiger partial charge in [0.2, 0.25) is 0 Å². The molecule has 1 atom stereocenters. The van der Waals surface area contributed by atoms with Gasteiger partial charge in [0.25, 0.3) is 0 Å². The van der Waals surface area contributed by atoms with Crippen molar-refractivity contribution in [3.05, 3.63) is 59.4 Å². The normalized spacial score (nSPS) is 11.9. The van der Waals surface area contributed by atoms with Gasteiger partial charge in [0.15, 0.2) is 0 Å². The van der Waals surface area contributed by atoms with E-state index in [1.165, 1.54) is 12.1 Å². The molecule has 19 heavy (non-hydrogen) atoms. The molecule has 4 heteroatoms. The van der Waals surface area contributed by atoms with E-state index in [-0.39, 0.29) is 11.9 Å². The minimum absolute atomic E-state index is 0.00812. The molecule has 0 bridgehead atoms. The maximum atomic E-state index is 12.7. The Balaban J connectivity index is 1.82. The van der Waals surface area contributed by atoms with E-state index < -0.39 is 0 Å². The van der Waals surface area contributed by atoms with Gasteiger partial charge in [-0.15, -0.1) is 0 Å². The molecule has 0 aliphatic rings. The first-order chi connectivity index (χ1) is 9.13. The van der Waals surface area contributed by atoms with Gasteiger partial charge < -0.3 is 10.1 Å². The van der Waals surface area contributed by atoms with Crippen molar-refractivity contribution in [1.82, 2.24) is 0 Å². The predicted molar refractivity (Wildman–Crippen MR) is 76.4 cm³/mol. The number of rotatable bonds is 5. The lowest BCUT2D eigenvalue weighted by Crippen LogP contribution is -2.22. The summed E-state index contributed by atoms with van der Waals surface area (Å²) in [5.41, 5.74) is 0.868. The molecule has 1 N–H and O–H groups in total. The van der Waals surface area contributed by atoms with Crippen molar-refractivity contribution in [3.63, 3.8) is 0 Å². The summed E-state index contributed by atoms with van der Waals surface area (Å²) in [5, 5.41) is 3.87. The van der Waals surface area contributed by atoms with Crippen LogP contribution in [0.4, 0.5) is 10.1 Å². The zero-order valence-electron chi connectivity index (χ0n) is 10.6. The van der Waals surface area contributed by atoms with Gasteiger partial charge in [-0.05, 0) is 55.5 Å². The average molecular weight is 280 g/mol. The van der Waals surface area contributed by atoms with E-state index in [0.29, 0.717) is 11.6 Å². The number of ether oxygens (including phenoxy) is 1. The molecule has 0 aromatic heterocycles. The lowest BCUT2D eigenvalue weighted by molar-refractivity contribution is 0.235. The highest BCUT2D eigenvalue weighted by atomic mass is 35.5. The highest BCUT2D eigenvalue weighted by Gasteiger charge is 2.04. The fourth-order valence-electron chi connectivity index (χ4n) is 1.62. The van der Waals surface area contributed by atoms with E-state index >= 15 is 0 Å². The summed E-state index contributed by atoms with van der Waals surface area (Å²) in [4.78, 5) is 0. The molecule has 0 aliphatic heterocycles. The molecule has 2 rings (SSSR count). The van der Waals surface area contributed by atoms with Crippen molar-refractivity contribution >= 4 is 17.3 Å². The van der Waals surface area contributed by atoms with Crippen LogP contribution in [0.15, 0.2) is 48.5 Å². The van der Waals surface area contributed by atoms with E-state index in [1.807, 2.05) is 19.1 Å². The molecule has 0 saturated heterocycles. The molecule has 0 fully saturated rings. The number of halogens is 2. The van der Waals surface area contributed by atoms with Crippen molar-refractivity contribution in [2.45, 2.75) is 13.0 Å². The van der Waals surface area contributed by atoms with Crippen LogP contribution < -0.4 is 10.1 Å². The number of anilines is 1. The number of hydrogen-bond acceptors (Lipinski definition) is 2. The summed E-state index contributed by atoms with van der Waals surface area (Å²) in [6.07, 6.45) is -0.00812. The topological polar surface area (TPSA) is 21.3 Å². The maximum Gasteiger partial charge on any atom is 0.123 e. The van der Waals surface area contributed by atoms with Crippen molar-refractivity contribution < 1.29 is 9.13 Å². The van der Waals surface area contributed by atoms with Gasteiger partial charge in [0, 0.05) is 10.7 Å². The second kappa shape index (κ2) is 6.43. The second-order valence-electron chi connectivity index (χ2n) is 4.27. The van der Waals surface area contributed by atoms with Crippen LogP contribution in [0.5, 0.6) is 5.75 Å². The fourth-order valence-corrected chi connectivity index (χ4v) is 1.74. The van der Waals surface area contributed by atoms with Gasteiger partial charge >= 0.3 is 0 Å². The molecule has 0 heterocycles. The minimum atomic E-state index is -0.240. The van der Waals surface area contributed by atoms with Gasteiger partial charge in [0.1, 0.15) is 17.7 Å². The van der Waals surface area contributed by atoms with Crippen LogP contribution in [0.1, 0.15) is 6.92 Å². The first-order valence-corrected chi connectivity index (χ1v) is 6.43. The van der Waals surface area contributed by atoms with Crippen LogP contribution in [0, 0.1) is 5.82 Å². The van der Waals surface area contributed by atoms with Crippen LogP contribution in [0.2, 0.25) is 5.02 Å². The summed E-state index contributed by atoms with van der Waals surface area (Å²) >= 11 is 5.80. The molecule has 0 aliphatic carbocycles. The van der Waals surface area contributed by atoms with E-state index in [0.717, 1.165) is 11.4 Å². The van der Waals surface area contributed by atoms with E-state index in [2.05, 4.69) is 5.32 Å². The number of nitrogens with one attached hydrogen (secondary N) is 1. The Morgan fingerprint density at radius 3 is 2.37 bits per heavy atom. The third-order valence-corrected chi connectivity index (χ3v) is 2.84. The largest absolute Gasteiger partial charge is 0.489 e. The van der Waals surface area contributed by atoms with Crippen molar-refractivity contribution in [1.29, 1.82) is 0 Å². The number of benzene rings is 2. The summed E-state index contributed by atoms with van der Waals surface area (Å²) in [6, 6.07) is 13.5. The van der Waals surface area contributed by atoms with Crippen LogP contribution in [0.25, 0.3) is 0 Å².